The van der Waals surface area contributed by atoms with E-state index in [0.717, 1.165) is 37.2 Å². The number of hydrogen-bond donors (Lipinski definition) is 1. The summed E-state index contributed by atoms with van der Waals surface area (Å²) in [5, 5.41) is 12.7. The first-order chi connectivity index (χ1) is 12.6. The lowest BCUT2D eigenvalue weighted by Gasteiger charge is -2.34. The van der Waals surface area contributed by atoms with Crippen molar-refractivity contribution in [3.63, 3.8) is 0 Å². The molecule has 2 heterocycles. The molecule has 0 radical (unpaired) electrons. The smallest absolute Gasteiger partial charge is 0.356 e. The monoisotopic (exact) mass is 356 g/mol. The largest absolute Gasteiger partial charge is 0.476 e. The van der Waals surface area contributed by atoms with Crippen LogP contribution in [0.3, 0.4) is 0 Å². The van der Waals surface area contributed by atoms with Crippen molar-refractivity contribution in [2.45, 2.75) is 26.3 Å². The molecule has 3 rings (SSSR count). The van der Waals surface area contributed by atoms with Gasteiger partial charge in [0.05, 0.1) is 0 Å². The highest BCUT2D eigenvalue weighted by molar-refractivity contribution is 5.86. The standard InChI is InChI=1S/C19H24N4O3/c1-2-4-15-5-3-6-16(13-15)14-21-9-11-22(12-10-21)19(26)23-8-7-17(20-23)18(24)25/h3,5-8,13H,2,4,9-12,14H2,1H3,(H,24,25). The van der Waals surface area contributed by atoms with Crippen molar-refractivity contribution in [1.82, 2.24) is 19.6 Å². The molecule has 2 aromatic rings. The number of aromatic carboxylic acids is 1. The van der Waals surface area contributed by atoms with Crippen LogP contribution in [0.15, 0.2) is 36.5 Å². The van der Waals surface area contributed by atoms with Crippen molar-refractivity contribution in [3.8, 4) is 0 Å². The van der Waals surface area contributed by atoms with Gasteiger partial charge >= 0.3 is 12.0 Å². The maximum absolute atomic E-state index is 12.4. The number of carboxylic acid groups (broad SMARTS) is 1. The molecular weight excluding hydrogens is 332 g/mol. The Bertz CT molecular complexity index is 779. The number of hydrogen-bond acceptors (Lipinski definition) is 4. The molecule has 1 aromatic carbocycles. The van der Waals surface area contributed by atoms with Crippen LogP contribution in [-0.4, -0.2) is 62.9 Å². The van der Waals surface area contributed by atoms with Crippen molar-refractivity contribution < 1.29 is 14.7 Å². The molecule has 1 fully saturated rings. The highest BCUT2D eigenvalue weighted by atomic mass is 16.4. The van der Waals surface area contributed by atoms with Crippen LogP contribution >= 0.6 is 0 Å². The second kappa shape index (κ2) is 8.14. The third kappa shape index (κ3) is 4.29. The zero-order chi connectivity index (χ0) is 18.5. The van der Waals surface area contributed by atoms with E-state index in [4.69, 9.17) is 5.11 Å². The lowest BCUT2D eigenvalue weighted by atomic mass is 10.1. The minimum absolute atomic E-state index is 0.121. The van der Waals surface area contributed by atoms with E-state index in [1.165, 1.54) is 23.4 Å². The minimum atomic E-state index is -1.13. The Hall–Kier alpha value is -2.67. The Morgan fingerprint density at radius 2 is 1.85 bits per heavy atom. The van der Waals surface area contributed by atoms with E-state index in [2.05, 4.69) is 41.2 Å². The molecule has 7 heteroatoms. The summed E-state index contributed by atoms with van der Waals surface area (Å²) >= 11 is 0. The fraction of sp³-hybridized carbons (Fsp3) is 0.421. The fourth-order valence-electron chi connectivity index (χ4n) is 3.22. The van der Waals surface area contributed by atoms with Crippen LogP contribution in [-0.2, 0) is 13.0 Å². The van der Waals surface area contributed by atoms with Crippen LogP contribution in [0.1, 0.15) is 35.0 Å². The third-order valence-electron chi connectivity index (χ3n) is 4.58. The molecule has 0 unspecified atom stereocenters. The Kier molecular flexibility index (Phi) is 5.68. The first-order valence-corrected chi connectivity index (χ1v) is 8.95. The number of carboxylic acids is 1. The van der Waals surface area contributed by atoms with Crippen molar-refractivity contribution >= 4 is 12.0 Å². The third-order valence-corrected chi connectivity index (χ3v) is 4.58. The number of carbonyl (C=O) groups is 2. The van der Waals surface area contributed by atoms with Gasteiger partial charge < -0.3 is 10.0 Å². The summed E-state index contributed by atoms with van der Waals surface area (Å²) in [5.41, 5.74) is 2.55. The second-order valence-electron chi connectivity index (χ2n) is 6.57. The Labute approximate surface area is 152 Å². The zero-order valence-electron chi connectivity index (χ0n) is 15.0. The summed E-state index contributed by atoms with van der Waals surface area (Å²) in [6.07, 6.45) is 3.64. The maximum atomic E-state index is 12.4. The molecule has 1 aliphatic heterocycles. The Morgan fingerprint density at radius 1 is 1.12 bits per heavy atom. The Balaban J connectivity index is 1.54. The second-order valence-corrected chi connectivity index (χ2v) is 6.57. The van der Waals surface area contributed by atoms with Gasteiger partial charge in [-0.3, -0.25) is 4.90 Å². The minimum Gasteiger partial charge on any atom is -0.476 e. The average molecular weight is 356 g/mol. The topological polar surface area (TPSA) is 78.7 Å². The zero-order valence-corrected chi connectivity index (χ0v) is 15.0. The molecule has 0 bridgehead atoms. The predicted octanol–water partition coefficient (Wildman–Crippen LogP) is 2.32. The molecule has 7 nitrogen and oxygen atoms in total. The number of aryl methyl sites for hydroxylation is 1. The molecule has 1 aliphatic rings. The summed E-state index contributed by atoms with van der Waals surface area (Å²) < 4.78 is 1.10. The van der Waals surface area contributed by atoms with E-state index in [1.54, 1.807) is 4.90 Å². The molecule has 0 saturated carbocycles. The summed E-state index contributed by atoms with van der Waals surface area (Å²) in [6, 6.07) is 9.74. The van der Waals surface area contributed by atoms with Crippen LogP contribution in [0.2, 0.25) is 0 Å². The number of piperazine rings is 1. The van der Waals surface area contributed by atoms with E-state index in [9.17, 15) is 9.59 Å². The fourth-order valence-corrected chi connectivity index (χ4v) is 3.22. The summed E-state index contributed by atoms with van der Waals surface area (Å²) in [6.45, 7) is 5.85. The van der Waals surface area contributed by atoms with Gasteiger partial charge in [0, 0.05) is 38.9 Å². The molecule has 1 aromatic heterocycles. The van der Waals surface area contributed by atoms with Crippen molar-refractivity contribution in [2.75, 3.05) is 26.2 Å². The summed E-state index contributed by atoms with van der Waals surface area (Å²) in [7, 11) is 0. The van der Waals surface area contributed by atoms with Crippen LogP contribution in [0.4, 0.5) is 4.79 Å². The molecule has 1 saturated heterocycles. The van der Waals surface area contributed by atoms with Gasteiger partial charge in [-0.15, -0.1) is 0 Å². The molecule has 1 N–H and O–H groups in total. The van der Waals surface area contributed by atoms with Gasteiger partial charge in [0.2, 0.25) is 0 Å². The number of carbonyl (C=O) groups excluding carboxylic acids is 1. The lowest BCUT2D eigenvalue weighted by molar-refractivity contribution is 0.0689. The Morgan fingerprint density at radius 3 is 2.50 bits per heavy atom. The van der Waals surface area contributed by atoms with Crippen molar-refractivity contribution in [2.24, 2.45) is 0 Å². The van der Waals surface area contributed by atoms with Gasteiger partial charge in [0.15, 0.2) is 5.69 Å². The molecule has 138 valence electrons. The highest BCUT2D eigenvalue weighted by Crippen LogP contribution is 2.13. The van der Waals surface area contributed by atoms with Crippen molar-refractivity contribution in [3.05, 3.63) is 53.3 Å². The molecule has 1 amide bonds. The van der Waals surface area contributed by atoms with E-state index in [1.807, 2.05) is 0 Å². The lowest BCUT2D eigenvalue weighted by Crippen LogP contribution is -2.49. The van der Waals surface area contributed by atoms with Gasteiger partial charge in [-0.2, -0.15) is 9.78 Å². The molecular formula is C19H24N4O3. The quantitative estimate of drug-likeness (QED) is 0.889. The van der Waals surface area contributed by atoms with Gasteiger partial charge in [0.25, 0.3) is 0 Å². The SMILES string of the molecule is CCCc1cccc(CN2CCN(C(=O)n3ccc(C(=O)O)n3)CC2)c1. The number of aromatic nitrogens is 2. The molecule has 0 atom stereocenters. The first kappa shape index (κ1) is 18.1. The van der Waals surface area contributed by atoms with E-state index in [0.29, 0.717) is 13.1 Å². The first-order valence-electron chi connectivity index (χ1n) is 8.95. The van der Waals surface area contributed by atoms with Crippen LogP contribution in [0, 0.1) is 0 Å². The van der Waals surface area contributed by atoms with Gasteiger partial charge in [0.1, 0.15) is 0 Å². The normalized spacial score (nSPS) is 15.2. The summed E-state index contributed by atoms with van der Waals surface area (Å²) in [5.74, 6) is -1.13. The summed E-state index contributed by atoms with van der Waals surface area (Å²) in [4.78, 5) is 27.4. The van der Waals surface area contributed by atoms with E-state index < -0.39 is 5.97 Å². The van der Waals surface area contributed by atoms with Gasteiger partial charge in [-0.25, -0.2) is 9.59 Å². The van der Waals surface area contributed by atoms with Crippen LogP contribution in [0.5, 0.6) is 0 Å². The molecule has 0 aliphatic carbocycles. The highest BCUT2D eigenvalue weighted by Gasteiger charge is 2.23. The van der Waals surface area contributed by atoms with E-state index in [-0.39, 0.29) is 11.7 Å². The average Bonchev–Trinajstić information content (AvgIpc) is 3.13. The van der Waals surface area contributed by atoms with Gasteiger partial charge in [-0.1, -0.05) is 37.6 Å². The van der Waals surface area contributed by atoms with Crippen molar-refractivity contribution in [1.29, 1.82) is 0 Å². The predicted molar refractivity (Wildman–Crippen MR) is 97.3 cm³/mol. The number of benzene rings is 1. The van der Waals surface area contributed by atoms with Gasteiger partial charge in [-0.05, 0) is 23.6 Å². The van der Waals surface area contributed by atoms with Crippen LogP contribution in [0.25, 0.3) is 0 Å². The molecule has 0 spiro atoms. The number of nitrogens with zero attached hydrogens (tertiary/aromatic N) is 4. The van der Waals surface area contributed by atoms with Crippen LogP contribution < -0.4 is 0 Å². The molecule has 26 heavy (non-hydrogen) atoms. The maximum Gasteiger partial charge on any atom is 0.356 e. The number of rotatable bonds is 5. The van der Waals surface area contributed by atoms with E-state index >= 15 is 0 Å². The number of amides is 1.